The molecule has 2 aliphatic rings. The van der Waals surface area contributed by atoms with Gasteiger partial charge in [0, 0.05) is 19.0 Å². The molecule has 0 saturated carbocycles. The number of fused-ring (bicyclic) bond motifs is 2. The zero-order valence-corrected chi connectivity index (χ0v) is 7.51. The first-order valence-electron chi connectivity index (χ1n) is 4.63. The minimum Gasteiger partial charge on any atom is -0.303 e. The van der Waals surface area contributed by atoms with Crippen molar-refractivity contribution in [3.63, 3.8) is 0 Å². The summed E-state index contributed by atoms with van der Waals surface area (Å²) >= 11 is 0. The molecule has 0 amide bonds. The van der Waals surface area contributed by atoms with Crippen LogP contribution in [0.5, 0.6) is 0 Å². The summed E-state index contributed by atoms with van der Waals surface area (Å²) in [5.74, 6) is 0.557. The third-order valence-electron chi connectivity index (χ3n) is 3.44. The highest BCUT2D eigenvalue weighted by Crippen LogP contribution is 2.34. The molecule has 2 rings (SSSR count). The molecule has 3 atom stereocenters. The summed E-state index contributed by atoms with van der Waals surface area (Å²) in [5.41, 5.74) is -0.215. The monoisotopic (exact) mass is 165 g/mol. The molecular weight excluding hydrogens is 150 g/mol. The van der Waals surface area contributed by atoms with E-state index in [0.29, 0.717) is 5.92 Å². The molecule has 2 fully saturated rings. The van der Waals surface area contributed by atoms with Crippen LogP contribution < -0.4 is 5.32 Å². The summed E-state index contributed by atoms with van der Waals surface area (Å²) < 4.78 is 0. The Morgan fingerprint density at radius 1 is 1.58 bits per heavy atom. The summed E-state index contributed by atoms with van der Waals surface area (Å²) in [6, 6.07) is 2.46. The molecule has 0 aromatic rings. The largest absolute Gasteiger partial charge is 0.303 e. The first-order valence-corrected chi connectivity index (χ1v) is 4.63. The van der Waals surface area contributed by atoms with Crippen LogP contribution in [0.4, 0.5) is 0 Å². The van der Waals surface area contributed by atoms with Crippen molar-refractivity contribution in [3.05, 3.63) is 0 Å². The van der Waals surface area contributed by atoms with E-state index in [9.17, 15) is 0 Å². The molecule has 0 spiro atoms. The fourth-order valence-electron chi connectivity index (χ4n) is 2.51. The van der Waals surface area contributed by atoms with Gasteiger partial charge in [0.15, 0.2) is 0 Å². The standard InChI is InChI=1S/C9H15N3/c1-11-9(7-10)3-5-12-4-2-8(9)6-12/h8,11H,2-6H2,1H3. The third-order valence-corrected chi connectivity index (χ3v) is 3.44. The van der Waals surface area contributed by atoms with Gasteiger partial charge >= 0.3 is 0 Å². The Bertz CT molecular complexity index is 220. The van der Waals surface area contributed by atoms with Crippen molar-refractivity contribution >= 4 is 0 Å². The molecular formula is C9H15N3. The highest BCUT2D eigenvalue weighted by Gasteiger charge is 2.45. The zero-order chi connectivity index (χ0) is 8.60. The molecule has 12 heavy (non-hydrogen) atoms. The maximum Gasteiger partial charge on any atom is 0.111 e. The molecule has 0 aliphatic carbocycles. The first-order chi connectivity index (χ1) is 5.80. The minimum absolute atomic E-state index is 0.215. The highest BCUT2D eigenvalue weighted by molar-refractivity contribution is 5.15. The number of nitrogens with one attached hydrogen (secondary N) is 1. The second kappa shape index (κ2) is 2.72. The lowest BCUT2D eigenvalue weighted by Gasteiger charge is -2.37. The lowest BCUT2D eigenvalue weighted by molar-refractivity contribution is 0.183. The number of hydrogen-bond acceptors (Lipinski definition) is 3. The molecule has 1 N–H and O–H groups in total. The van der Waals surface area contributed by atoms with E-state index in [1.54, 1.807) is 0 Å². The quantitative estimate of drug-likeness (QED) is 0.603. The molecule has 2 bridgehead atoms. The van der Waals surface area contributed by atoms with E-state index in [-0.39, 0.29) is 5.54 Å². The van der Waals surface area contributed by atoms with Gasteiger partial charge in [0.2, 0.25) is 0 Å². The van der Waals surface area contributed by atoms with Gasteiger partial charge in [-0.1, -0.05) is 0 Å². The van der Waals surface area contributed by atoms with Gasteiger partial charge in [-0.3, -0.25) is 0 Å². The van der Waals surface area contributed by atoms with Crippen molar-refractivity contribution in [2.24, 2.45) is 5.92 Å². The van der Waals surface area contributed by atoms with E-state index in [1.807, 2.05) is 7.05 Å². The van der Waals surface area contributed by atoms with Gasteiger partial charge < -0.3 is 10.2 Å². The van der Waals surface area contributed by atoms with Crippen LogP contribution in [0.15, 0.2) is 0 Å². The molecule has 3 nitrogen and oxygen atoms in total. The molecule has 2 saturated heterocycles. The van der Waals surface area contributed by atoms with Crippen molar-refractivity contribution in [3.8, 4) is 6.07 Å². The normalized spacial score (nSPS) is 45.7. The Hall–Kier alpha value is -0.590. The fourth-order valence-corrected chi connectivity index (χ4v) is 2.51. The van der Waals surface area contributed by atoms with Gasteiger partial charge in [-0.25, -0.2) is 0 Å². The highest BCUT2D eigenvalue weighted by atomic mass is 15.2. The van der Waals surface area contributed by atoms with Crippen LogP contribution in [0.25, 0.3) is 0 Å². The lowest BCUT2D eigenvalue weighted by Crippen LogP contribution is -2.53. The van der Waals surface area contributed by atoms with E-state index in [4.69, 9.17) is 5.26 Å². The van der Waals surface area contributed by atoms with Crippen LogP contribution in [0.1, 0.15) is 12.8 Å². The Labute approximate surface area is 73.3 Å². The third kappa shape index (κ3) is 0.954. The van der Waals surface area contributed by atoms with Gasteiger partial charge in [-0.2, -0.15) is 5.26 Å². The lowest BCUT2D eigenvalue weighted by atomic mass is 9.80. The Morgan fingerprint density at radius 2 is 2.42 bits per heavy atom. The van der Waals surface area contributed by atoms with Crippen molar-refractivity contribution < 1.29 is 0 Å². The van der Waals surface area contributed by atoms with Crippen molar-refractivity contribution in [2.75, 3.05) is 26.7 Å². The number of piperidine rings is 1. The van der Waals surface area contributed by atoms with E-state index in [1.165, 1.54) is 13.0 Å². The smallest absolute Gasteiger partial charge is 0.111 e. The number of hydrogen-bond donors (Lipinski definition) is 1. The SMILES string of the molecule is CNC1(C#N)CCN2CCC1C2. The molecule has 66 valence electrons. The Kier molecular flexibility index (Phi) is 1.82. The maximum absolute atomic E-state index is 9.13. The summed E-state index contributed by atoms with van der Waals surface area (Å²) in [6.45, 7) is 3.40. The summed E-state index contributed by atoms with van der Waals surface area (Å²) in [5, 5.41) is 12.3. The number of nitrogens with zero attached hydrogens (tertiary/aromatic N) is 2. The van der Waals surface area contributed by atoms with Gasteiger partial charge in [-0.15, -0.1) is 0 Å². The van der Waals surface area contributed by atoms with Crippen molar-refractivity contribution in [2.45, 2.75) is 18.4 Å². The Morgan fingerprint density at radius 3 is 3.08 bits per heavy atom. The molecule has 2 heterocycles. The average molecular weight is 165 g/mol. The average Bonchev–Trinajstić information content (AvgIpc) is 2.52. The van der Waals surface area contributed by atoms with Crippen LogP contribution in [0, 0.1) is 17.2 Å². The summed E-state index contributed by atoms with van der Waals surface area (Å²) in [7, 11) is 1.91. The van der Waals surface area contributed by atoms with Gasteiger partial charge in [-0.05, 0) is 26.4 Å². The van der Waals surface area contributed by atoms with Crippen LogP contribution in [0.3, 0.4) is 0 Å². The summed E-state index contributed by atoms with van der Waals surface area (Å²) in [4.78, 5) is 2.46. The fraction of sp³-hybridized carbons (Fsp3) is 0.889. The van der Waals surface area contributed by atoms with Crippen LogP contribution in [-0.2, 0) is 0 Å². The van der Waals surface area contributed by atoms with Crippen molar-refractivity contribution in [1.29, 1.82) is 5.26 Å². The second-order valence-electron chi connectivity index (χ2n) is 3.87. The maximum atomic E-state index is 9.13. The predicted octanol–water partition coefficient (Wildman–Crippen LogP) is 0.194. The van der Waals surface area contributed by atoms with Crippen molar-refractivity contribution in [1.82, 2.24) is 10.2 Å². The molecule has 0 radical (unpaired) electrons. The molecule has 2 aliphatic heterocycles. The van der Waals surface area contributed by atoms with Gasteiger partial charge in [0.05, 0.1) is 6.07 Å². The molecule has 0 aromatic carbocycles. The predicted molar refractivity (Wildman–Crippen MR) is 46.6 cm³/mol. The minimum atomic E-state index is -0.215. The van der Waals surface area contributed by atoms with E-state index in [2.05, 4.69) is 16.3 Å². The Balaban J connectivity index is 2.21. The molecule has 0 aromatic heterocycles. The van der Waals surface area contributed by atoms with E-state index in [0.717, 1.165) is 19.5 Å². The summed E-state index contributed by atoms with van der Waals surface area (Å²) in [6.07, 6.45) is 2.18. The van der Waals surface area contributed by atoms with Gasteiger partial charge in [0.25, 0.3) is 0 Å². The second-order valence-corrected chi connectivity index (χ2v) is 3.87. The molecule has 3 heteroatoms. The first kappa shape index (κ1) is 8.03. The zero-order valence-electron chi connectivity index (χ0n) is 7.51. The van der Waals surface area contributed by atoms with Crippen LogP contribution in [0.2, 0.25) is 0 Å². The van der Waals surface area contributed by atoms with E-state index >= 15 is 0 Å². The van der Waals surface area contributed by atoms with Gasteiger partial charge in [0.1, 0.15) is 5.54 Å². The number of nitriles is 1. The van der Waals surface area contributed by atoms with Crippen LogP contribution in [-0.4, -0.2) is 37.1 Å². The molecule has 3 unspecified atom stereocenters. The van der Waals surface area contributed by atoms with E-state index < -0.39 is 0 Å². The van der Waals surface area contributed by atoms with Crippen LogP contribution >= 0.6 is 0 Å². The topological polar surface area (TPSA) is 39.1 Å². The number of rotatable bonds is 1.